The Bertz CT molecular complexity index is 855. The minimum atomic E-state index is -3.53. The Morgan fingerprint density at radius 3 is 2.84 bits per heavy atom. The van der Waals surface area contributed by atoms with Crippen LogP contribution >= 0.6 is 11.3 Å². The molecule has 0 aliphatic carbocycles. The van der Waals surface area contributed by atoms with E-state index in [1.54, 1.807) is 30.3 Å². The number of aryl methyl sites for hydroxylation is 1. The van der Waals surface area contributed by atoms with Crippen molar-refractivity contribution in [2.45, 2.75) is 36.6 Å². The highest BCUT2D eigenvalue weighted by atomic mass is 32.2. The van der Waals surface area contributed by atoms with Crippen LogP contribution in [0, 0.1) is 6.92 Å². The predicted octanol–water partition coefficient (Wildman–Crippen LogP) is 2.65. The number of benzene rings is 1. The van der Waals surface area contributed by atoms with Crippen LogP contribution < -0.4 is 10.0 Å². The van der Waals surface area contributed by atoms with Crippen LogP contribution in [0.15, 0.2) is 40.6 Å². The average molecular weight is 380 g/mol. The van der Waals surface area contributed by atoms with Crippen LogP contribution in [0.25, 0.3) is 0 Å². The van der Waals surface area contributed by atoms with Gasteiger partial charge in [0.15, 0.2) is 0 Å². The topological polar surface area (TPSA) is 84.5 Å². The van der Waals surface area contributed by atoms with Crippen LogP contribution in [0.3, 0.4) is 0 Å². The summed E-state index contributed by atoms with van der Waals surface area (Å²) in [6, 6.07) is 10.5. The molecule has 2 N–H and O–H groups in total. The molecule has 0 saturated carbocycles. The normalized spacial score (nSPS) is 17.6. The largest absolute Gasteiger partial charge is 0.368 e. The standard InChI is InChI=1S/C17H20N2O4S2/c1-12-7-8-16(24-12)25(21,22)18-11-13-4-2-5-14(10-13)19-17(20)15-6-3-9-23-15/h2,4-5,7-8,10,15,18H,3,6,9,11H2,1H3,(H,19,20). The maximum Gasteiger partial charge on any atom is 0.253 e. The Kier molecular flexibility index (Phi) is 5.53. The zero-order valence-electron chi connectivity index (χ0n) is 13.8. The number of carbonyl (C=O) groups is 1. The first-order valence-corrected chi connectivity index (χ1v) is 10.3. The Labute approximate surface area is 151 Å². The summed E-state index contributed by atoms with van der Waals surface area (Å²) in [4.78, 5) is 13.0. The molecule has 8 heteroatoms. The third kappa shape index (κ3) is 4.66. The summed E-state index contributed by atoms with van der Waals surface area (Å²) < 4.78 is 32.8. The van der Waals surface area contributed by atoms with Crippen molar-refractivity contribution in [2.75, 3.05) is 11.9 Å². The van der Waals surface area contributed by atoms with Crippen molar-refractivity contribution >= 4 is 33.0 Å². The molecule has 1 aliphatic heterocycles. The molecule has 1 aliphatic rings. The van der Waals surface area contributed by atoms with E-state index >= 15 is 0 Å². The second-order valence-electron chi connectivity index (χ2n) is 5.88. The van der Waals surface area contributed by atoms with Crippen molar-refractivity contribution in [3.63, 3.8) is 0 Å². The number of anilines is 1. The molecule has 134 valence electrons. The molecule has 2 aromatic rings. The Morgan fingerprint density at radius 2 is 2.16 bits per heavy atom. The van der Waals surface area contributed by atoms with Gasteiger partial charge in [0.25, 0.3) is 5.91 Å². The van der Waals surface area contributed by atoms with Crippen LogP contribution in [0.1, 0.15) is 23.3 Å². The van der Waals surface area contributed by atoms with E-state index in [2.05, 4.69) is 10.0 Å². The van der Waals surface area contributed by atoms with Gasteiger partial charge in [0, 0.05) is 23.7 Å². The van der Waals surface area contributed by atoms with Gasteiger partial charge in [0.1, 0.15) is 10.3 Å². The summed E-state index contributed by atoms with van der Waals surface area (Å²) in [7, 11) is -3.53. The lowest BCUT2D eigenvalue weighted by molar-refractivity contribution is -0.124. The molecular weight excluding hydrogens is 360 g/mol. The Balaban J connectivity index is 1.62. The van der Waals surface area contributed by atoms with Crippen molar-refractivity contribution in [2.24, 2.45) is 0 Å². The highest BCUT2D eigenvalue weighted by molar-refractivity contribution is 7.91. The molecule has 1 unspecified atom stereocenters. The zero-order valence-corrected chi connectivity index (χ0v) is 15.5. The van der Waals surface area contributed by atoms with Gasteiger partial charge in [-0.15, -0.1) is 11.3 Å². The average Bonchev–Trinajstić information content (AvgIpc) is 3.25. The van der Waals surface area contributed by atoms with E-state index in [1.165, 1.54) is 11.3 Å². The van der Waals surface area contributed by atoms with Crippen molar-refractivity contribution in [1.82, 2.24) is 4.72 Å². The number of amides is 1. The molecule has 1 amide bonds. The molecule has 2 heterocycles. The summed E-state index contributed by atoms with van der Waals surface area (Å²) in [6.45, 7) is 2.63. The fourth-order valence-corrected chi connectivity index (χ4v) is 4.92. The zero-order chi connectivity index (χ0) is 17.9. The molecule has 1 atom stereocenters. The van der Waals surface area contributed by atoms with Gasteiger partial charge in [-0.3, -0.25) is 4.79 Å². The van der Waals surface area contributed by atoms with Crippen molar-refractivity contribution in [1.29, 1.82) is 0 Å². The van der Waals surface area contributed by atoms with Gasteiger partial charge in [0.05, 0.1) is 0 Å². The Morgan fingerprint density at radius 1 is 1.32 bits per heavy atom. The lowest BCUT2D eigenvalue weighted by Gasteiger charge is -2.11. The number of hydrogen-bond donors (Lipinski definition) is 2. The molecule has 1 fully saturated rings. The van der Waals surface area contributed by atoms with Crippen LogP contribution in [0.2, 0.25) is 0 Å². The summed E-state index contributed by atoms with van der Waals surface area (Å²) in [5.41, 5.74) is 1.39. The van der Waals surface area contributed by atoms with Crippen molar-refractivity contribution in [3.05, 3.63) is 46.8 Å². The molecule has 6 nitrogen and oxygen atoms in total. The lowest BCUT2D eigenvalue weighted by atomic mass is 10.2. The highest BCUT2D eigenvalue weighted by Crippen LogP contribution is 2.21. The fraction of sp³-hybridized carbons (Fsp3) is 0.353. The van der Waals surface area contributed by atoms with Crippen LogP contribution in [-0.2, 0) is 26.1 Å². The highest BCUT2D eigenvalue weighted by Gasteiger charge is 2.23. The summed E-state index contributed by atoms with van der Waals surface area (Å²) in [5, 5.41) is 2.82. The van der Waals surface area contributed by atoms with Gasteiger partial charge in [-0.25, -0.2) is 13.1 Å². The van der Waals surface area contributed by atoms with Gasteiger partial charge in [0.2, 0.25) is 10.0 Å². The monoisotopic (exact) mass is 380 g/mol. The number of sulfonamides is 1. The fourth-order valence-electron chi connectivity index (χ4n) is 2.57. The maximum atomic E-state index is 12.3. The Hall–Kier alpha value is -1.74. The minimum Gasteiger partial charge on any atom is -0.368 e. The quantitative estimate of drug-likeness (QED) is 0.807. The SMILES string of the molecule is Cc1ccc(S(=O)(=O)NCc2cccc(NC(=O)C3CCCO3)c2)s1. The first-order valence-electron chi connectivity index (χ1n) is 8.01. The van der Waals surface area contributed by atoms with Gasteiger partial charge >= 0.3 is 0 Å². The molecule has 0 spiro atoms. The third-order valence-electron chi connectivity index (χ3n) is 3.86. The summed E-state index contributed by atoms with van der Waals surface area (Å²) in [6.07, 6.45) is 1.22. The minimum absolute atomic E-state index is 0.156. The van der Waals surface area contributed by atoms with Crippen LogP contribution in [0.4, 0.5) is 5.69 Å². The van der Waals surface area contributed by atoms with Gasteiger partial charge < -0.3 is 10.1 Å². The van der Waals surface area contributed by atoms with E-state index < -0.39 is 16.1 Å². The van der Waals surface area contributed by atoms with E-state index in [0.717, 1.165) is 23.3 Å². The lowest BCUT2D eigenvalue weighted by Crippen LogP contribution is -2.27. The maximum absolute atomic E-state index is 12.3. The van der Waals surface area contributed by atoms with Gasteiger partial charge in [-0.05, 0) is 49.6 Å². The molecule has 0 bridgehead atoms. The first kappa shape index (κ1) is 18.1. The number of hydrogen-bond acceptors (Lipinski definition) is 5. The number of rotatable bonds is 6. The van der Waals surface area contributed by atoms with Crippen molar-refractivity contribution < 1.29 is 17.9 Å². The van der Waals surface area contributed by atoms with E-state index in [0.29, 0.717) is 16.5 Å². The molecular formula is C17H20N2O4S2. The number of ether oxygens (including phenoxy) is 1. The predicted molar refractivity (Wildman–Crippen MR) is 97.1 cm³/mol. The first-order chi connectivity index (χ1) is 11.9. The number of carbonyl (C=O) groups excluding carboxylic acids is 1. The molecule has 0 radical (unpaired) electrons. The van der Waals surface area contributed by atoms with E-state index in [-0.39, 0.29) is 12.5 Å². The van der Waals surface area contributed by atoms with Crippen LogP contribution in [-0.4, -0.2) is 27.0 Å². The second-order valence-corrected chi connectivity index (χ2v) is 9.16. The molecule has 1 aromatic heterocycles. The second kappa shape index (κ2) is 7.65. The van der Waals surface area contributed by atoms with E-state index in [4.69, 9.17) is 4.74 Å². The molecule has 25 heavy (non-hydrogen) atoms. The number of nitrogens with one attached hydrogen (secondary N) is 2. The number of thiophene rings is 1. The van der Waals surface area contributed by atoms with E-state index in [9.17, 15) is 13.2 Å². The summed E-state index contributed by atoms with van der Waals surface area (Å²) in [5.74, 6) is -0.163. The van der Waals surface area contributed by atoms with Gasteiger partial charge in [-0.2, -0.15) is 0 Å². The van der Waals surface area contributed by atoms with E-state index in [1.807, 2.05) is 13.0 Å². The summed E-state index contributed by atoms with van der Waals surface area (Å²) >= 11 is 1.23. The van der Waals surface area contributed by atoms with Crippen molar-refractivity contribution in [3.8, 4) is 0 Å². The van der Waals surface area contributed by atoms with Gasteiger partial charge in [-0.1, -0.05) is 12.1 Å². The van der Waals surface area contributed by atoms with Crippen LogP contribution in [0.5, 0.6) is 0 Å². The smallest absolute Gasteiger partial charge is 0.253 e. The molecule has 1 saturated heterocycles. The third-order valence-corrected chi connectivity index (χ3v) is 6.76. The molecule has 1 aromatic carbocycles. The molecule has 3 rings (SSSR count).